The van der Waals surface area contributed by atoms with Crippen molar-refractivity contribution in [3.05, 3.63) is 461 Å². The number of hydrogen-bond acceptors (Lipinski definition) is 0. The van der Waals surface area contributed by atoms with E-state index < -0.39 is 0 Å². The van der Waals surface area contributed by atoms with Crippen molar-refractivity contribution in [2.45, 2.75) is 0 Å². The van der Waals surface area contributed by atoms with Crippen LogP contribution in [0.4, 0.5) is 0 Å². The fraction of sp³-hybridized carbons (Fsp3) is 0. The Morgan fingerprint density at radius 1 is 0.100 bits per heavy atom. The molecule has 0 aliphatic carbocycles. The van der Waals surface area contributed by atoms with Gasteiger partial charge in [0, 0.05) is 98.8 Å². The van der Waals surface area contributed by atoms with Crippen LogP contribution in [-0.4, -0.2) is 27.4 Å². The highest BCUT2D eigenvalue weighted by Crippen LogP contribution is 2.48. The van der Waals surface area contributed by atoms with E-state index in [9.17, 15) is 0 Å². The minimum Gasteiger partial charge on any atom is -0.309 e. The van der Waals surface area contributed by atoms with E-state index in [1.165, 1.54) is 204 Å². The van der Waals surface area contributed by atoms with Crippen LogP contribution in [0.3, 0.4) is 0 Å². The third-order valence-electron chi connectivity index (χ3n) is 24.3. The van der Waals surface area contributed by atoms with Crippen molar-refractivity contribution in [3.63, 3.8) is 0 Å². The standard InChI is InChI=1S/C42H28N2.2C36H24N2/c1-4-14-29(15-5-1)31-26-32(30-16-6-2-7-17-30)28-34(27-31)44-38-23-13-11-21-36(38)42-40(44)25-24-39-41(42)35-20-10-12-22-37(35)43(39)33-18-8-3-9-19-33;1-3-12-25(13-4-1)26-14-11-17-28(24-26)38-32-21-10-8-19-30(32)36-34(38)23-22-33-35(36)29-18-7-9-20-31(29)37(33)27-15-5-2-6-16-27;1-3-11-25(12-4-1)26-19-21-28(22-20-26)38-32-18-10-8-16-30(32)36-34(38)24-23-33-35(36)29-15-7-9-17-31(29)37(33)27-13-5-2-6-14-27/h1-28H;2*1-24H. The van der Waals surface area contributed by atoms with Crippen LogP contribution in [0, 0.1) is 0 Å². The van der Waals surface area contributed by atoms with Gasteiger partial charge in [0.05, 0.1) is 66.2 Å². The predicted octanol–water partition coefficient (Wildman–Crippen LogP) is 30.3. The molecule has 562 valence electrons. The van der Waals surface area contributed by atoms with E-state index in [0.29, 0.717) is 0 Å². The number of benzene rings is 19. The van der Waals surface area contributed by atoms with Crippen molar-refractivity contribution >= 4 is 131 Å². The first-order valence-electron chi connectivity index (χ1n) is 41.2. The highest BCUT2D eigenvalue weighted by atomic mass is 15.0. The average molecular weight is 1530 g/mol. The minimum atomic E-state index is 1.16. The smallest absolute Gasteiger partial charge is 0.0548 e. The maximum absolute atomic E-state index is 2.46. The molecule has 0 saturated carbocycles. The first-order valence-corrected chi connectivity index (χ1v) is 41.2. The molecule has 19 aromatic carbocycles. The van der Waals surface area contributed by atoms with Crippen LogP contribution in [0.5, 0.6) is 0 Å². The summed E-state index contributed by atoms with van der Waals surface area (Å²) in [6.07, 6.45) is 0. The van der Waals surface area contributed by atoms with E-state index in [2.05, 4.69) is 488 Å². The molecule has 0 spiro atoms. The lowest BCUT2D eigenvalue weighted by molar-refractivity contribution is 1.17. The van der Waals surface area contributed by atoms with E-state index in [-0.39, 0.29) is 0 Å². The Bertz CT molecular complexity index is 8160. The van der Waals surface area contributed by atoms with E-state index in [0.717, 1.165) is 5.69 Å². The minimum absolute atomic E-state index is 1.16. The van der Waals surface area contributed by atoms with E-state index in [4.69, 9.17) is 0 Å². The van der Waals surface area contributed by atoms with Crippen LogP contribution in [0.1, 0.15) is 0 Å². The fourth-order valence-corrected chi connectivity index (χ4v) is 19.2. The number of aromatic nitrogens is 6. The maximum atomic E-state index is 2.46. The molecule has 0 unspecified atom stereocenters. The van der Waals surface area contributed by atoms with Gasteiger partial charge in [-0.25, -0.2) is 0 Å². The molecule has 6 nitrogen and oxygen atoms in total. The Labute approximate surface area is 693 Å². The first-order chi connectivity index (χ1) is 59.6. The van der Waals surface area contributed by atoms with E-state index in [1.54, 1.807) is 0 Å². The lowest BCUT2D eigenvalue weighted by Crippen LogP contribution is -1.96. The summed E-state index contributed by atoms with van der Waals surface area (Å²) in [7, 11) is 0. The highest BCUT2D eigenvalue weighted by molar-refractivity contribution is 6.32. The summed E-state index contributed by atoms with van der Waals surface area (Å²) in [5.41, 5.74) is 31.4. The van der Waals surface area contributed by atoms with Crippen molar-refractivity contribution in [2.75, 3.05) is 0 Å². The number of fused-ring (bicyclic) bond motifs is 21. The molecule has 6 heterocycles. The number of rotatable bonds is 10. The normalized spacial score (nSPS) is 11.7. The lowest BCUT2D eigenvalue weighted by atomic mass is 9.98. The van der Waals surface area contributed by atoms with E-state index in [1.807, 2.05) is 0 Å². The molecule has 6 aromatic heterocycles. The largest absolute Gasteiger partial charge is 0.309 e. The number of hydrogen-bond donors (Lipinski definition) is 0. The quantitative estimate of drug-likeness (QED) is 0.131. The second kappa shape index (κ2) is 29.1. The molecule has 6 heteroatoms. The van der Waals surface area contributed by atoms with Gasteiger partial charge < -0.3 is 27.4 Å². The van der Waals surface area contributed by atoms with Gasteiger partial charge in [0.1, 0.15) is 0 Å². The third kappa shape index (κ3) is 11.5. The van der Waals surface area contributed by atoms with Gasteiger partial charge in [-0.05, 0) is 196 Å². The van der Waals surface area contributed by atoms with Crippen LogP contribution >= 0.6 is 0 Å². The zero-order valence-electron chi connectivity index (χ0n) is 65.6. The van der Waals surface area contributed by atoms with Gasteiger partial charge in [-0.3, -0.25) is 0 Å². The molecular formula is C114H76N6. The molecule has 0 amide bonds. The number of nitrogens with zero attached hydrogens (tertiary/aromatic N) is 6. The molecule has 0 saturated heterocycles. The van der Waals surface area contributed by atoms with Crippen molar-refractivity contribution in [3.8, 4) is 78.6 Å². The molecule has 120 heavy (non-hydrogen) atoms. The highest BCUT2D eigenvalue weighted by Gasteiger charge is 2.26. The maximum Gasteiger partial charge on any atom is 0.0548 e. The Kier molecular flexibility index (Phi) is 16.8. The van der Waals surface area contributed by atoms with Crippen LogP contribution < -0.4 is 0 Å². The van der Waals surface area contributed by atoms with Crippen molar-refractivity contribution in [1.82, 2.24) is 27.4 Å². The summed E-state index contributed by atoms with van der Waals surface area (Å²) < 4.78 is 14.5. The Morgan fingerprint density at radius 3 is 0.583 bits per heavy atom. The zero-order chi connectivity index (χ0) is 79.1. The molecule has 0 radical (unpaired) electrons. The summed E-state index contributed by atoms with van der Waals surface area (Å²) in [6.45, 7) is 0. The van der Waals surface area contributed by atoms with Crippen LogP contribution in [0.15, 0.2) is 461 Å². The molecule has 25 rings (SSSR count). The predicted molar refractivity (Wildman–Crippen MR) is 507 cm³/mol. The van der Waals surface area contributed by atoms with Gasteiger partial charge in [-0.2, -0.15) is 0 Å². The second-order valence-corrected chi connectivity index (χ2v) is 31.0. The molecule has 0 fully saturated rings. The van der Waals surface area contributed by atoms with Gasteiger partial charge in [0.2, 0.25) is 0 Å². The topological polar surface area (TPSA) is 29.6 Å². The van der Waals surface area contributed by atoms with Crippen LogP contribution in [-0.2, 0) is 0 Å². The second-order valence-electron chi connectivity index (χ2n) is 31.0. The molecule has 0 atom stereocenters. The molecular weight excluding hydrogens is 1450 g/mol. The summed E-state index contributed by atoms with van der Waals surface area (Å²) in [5, 5.41) is 15.4. The van der Waals surface area contributed by atoms with Crippen LogP contribution in [0.25, 0.3) is 209 Å². The summed E-state index contributed by atoms with van der Waals surface area (Å²) >= 11 is 0. The Morgan fingerprint density at radius 2 is 0.292 bits per heavy atom. The molecule has 0 N–H and O–H groups in total. The first kappa shape index (κ1) is 69.5. The number of para-hydroxylation sites is 9. The lowest BCUT2D eigenvalue weighted by Gasteiger charge is -2.14. The summed E-state index contributed by atoms with van der Waals surface area (Å²) in [6, 6.07) is 166. The van der Waals surface area contributed by atoms with Gasteiger partial charge in [-0.15, -0.1) is 0 Å². The summed E-state index contributed by atoms with van der Waals surface area (Å²) in [5.74, 6) is 0. The Balaban J connectivity index is 0.000000105. The molecule has 0 aliphatic rings. The van der Waals surface area contributed by atoms with Crippen molar-refractivity contribution in [2.24, 2.45) is 0 Å². The SMILES string of the molecule is c1ccc(-c2cc(-c3ccccc3)cc(-n3c4ccccc4c4c5c6ccccc6n(-c6ccccc6)c5ccc43)c2)cc1.c1ccc(-c2ccc(-n3c4ccccc4c4c5c6ccccc6n(-c6ccccc6)c5ccc43)cc2)cc1.c1ccc(-c2cccc(-n3c4ccccc4c4c5c6ccccc6n(-c6ccccc6)c5ccc43)c2)cc1. The third-order valence-corrected chi connectivity index (χ3v) is 24.3. The van der Waals surface area contributed by atoms with E-state index >= 15 is 0 Å². The van der Waals surface area contributed by atoms with Gasteiger partial charge >= 0.3 is 0 Å². The Hall–Kier alpha value is -16.0. The zero-order valence-corrected chi connectivity index (χ0v) is 65.6. The average Bonchev–Trinajstić information content (AvgIpc) is 1.61. The van der Waals surface area contributed by atoms with Gasteiger partial charge in [0.15, 0.2) is 0 Å². The van der Waals surface area contributed by atoms with Crippen LogP contribution in [0.2, 0.25) is 0 Å². The molecule has 0 bridgehead atoms. The van der Waals surface area contributed by atoms with Crippen molar-refractivity contribution in [1.29, 1.82) is 0 Å². The molecule has 0 aliphatic heterocycles. The fourth-order valence-electron chi connectivity index (χ4n) is 19.2. The summed E-state index contributed by atoms with van der Waals surface area (Å²) in [4.78, 5) is 0. The van der Waals surface area contributed by atoms with Crippen molar-refractivity contribution < 1.29 is 0 Å². The monoisotopic (exact) mass is 1530 g/mol. The van der Waals surface area contributed by atoms with Gasteiger partial charge in [0.25, 0.3) is 0 Å². The molecule has 25 aromatic rings. The van der Waals surface area contributed by atoms with Gasteiger partial charge in [-0.1, -0.05) is 309 Å².